The van der Waals surface area contributed by atoms with E-state index in [1.165, 1.54) is 0 Å². The molecule has 1 aromatic heterocycles. The Kier molecular flexibility index (Phi) is 2.69. The van der Waals surface area contributed by atoms with Crippen LogP contribution in [0.1, 0.15) is 0 Å². The molecule has 0 saturated carbocycles. The minimum atomic E-state index is -1.46. The number of hydrogen-bond donors (Lipinski definition) is 1. The quantitative estimate of drug-likeness (QED) is 0.758. The maximum absolute atomic E-state index is 11.8. The van der Waals surface area contributed by atoms with Crippen LogP contribution < -0.4 is 5.56 Å². The molecule has 0 amide bonds. The van der Waals surface area contributed by atoms with E-state index in [-0.39, 0.29) is 10.7 Å². The van der Waals surface area contributed by atoms with Gasteiger partial charge in [-0.1, -0.05) is 6.07 Å². The van der Waals surface area contributed by atoms with Crippen LogP contribution in [-0.2, 0) is 0 Å². The van der Waals surface area contributed by atoms with E-state index >= 15 is 0 Å². The SMILES string of the molecule is O=C(O)n1c(Cl)nc2cccc(Br)c2c1=O. The third-order valence-electron chi connectivity index (χ3n) is 2.00. The summed E-state index contributed by atoms with van der Waals surface area (Å²) in [6, 6.07) is 4.89. The molecule has 7 heteroatoms. The topological polar surface area (TPSA) is 72.2 Å². The first-order valence-corrected chi connectivity index (χ1v) is 5.29. The highest BCUT2D eigenvalue weighted by molar-refractivity contribution is 9.10. The zero-order valence-electron chi connectivity index (χ0n) is 7.65. The minimum Gasteiger partial charge on any atom is -0.464 e. The Balaban J connectivity index is 3.03. The average Bonchev–Trinajstić information content (AvgIpc) is 2.15. The molecule has 0 atom stereocenters. The van der Waals surface area contributed by atoms with Gasteiger partial charge in [-0.3, -0.25) is 4.79 Å². The molecule has 82 valence electrons. The number of aromatic nitrogens is 2. The second-order valence-corrected chi connectivity index (χ2v) is 4.13. The van der Waals surface area contributed by atoms with Crippen LogP contribution in [0.5, 0.6) is 0 Å². The lowest BCUT2D eigenvalue weighted by molar-refractivity contribution is 0.195. The van der Waals surface area contributed by atoms with Gasteiger partial charge in [0.15, 0.2) is 0 Å². The maximum atomic E-state index is 11.8. The summed E-state index contributed by atoms with van der Waals surface area (Å²) in [5.41, 5.74) is -0.364. The second kappa shape index (κ2) is 3.88. The smallest absolute Gasteiger partial charge is 0.421 e. The Bertz CT molecular complexity index is 653. The molecule has 1 aromatic carbocycles. The van der Waals surface area contributed by atoms with Gasteiger partial charge in [0.1, 0.15) is 0 Å². The van der Waals surface area contributed by atoms with Gasteiger partial charge in [-0.2, -0.15) is 4.57 Å². The van der Waals surface area contributed by atoms with E-state index in [2.05, 4.69) is 20.9 Å². The van der Waals surface area contributed by atoms with Crippen LogP contribution >= 0.6 is 27.5 Å². The van der Waals surface area contributed by atoms with Gasteiger partial charge in [0.05, 0.1) is 10.9 Å². The first-order valence-electron chi connectivity index (χ1n) is 4.12. The fraction of sp³-hybridized carbons (Fsp3) is 0. The zero-order valence-corrected chi connectivity index (χ0v) is 9.99. The molecule has 1 N–H and O–H groups in total. The summed E-state index contributed by atoms with van der Waals surface area (Å²) in [6.07, 6.45) is -1.46. The van der Waals surface area contributed by atoms with Crippen molar-refractivity contribution in [2.75, 3.05) is 0 Å². The van der Waals surface area contributed by atoms with Crippen molar-refractivity contribution in [3.05, 3.63) is 38.3 Å². The van der Waals surface area contributed by atoms with E-state index in [1.54, 1.807) is 18.2 Å². The number of rotatable bonds is 0. The van der Waals surface area contributed by atoms with Crippen LogP contribution in [0.15, 0.2) is 27.5 Å². The van der Waals surface area contributed by atoms with Crippen molar-refractivity contribution < 1.29 is 9.90 Å². The van der Waals surface area contributed by atoms with E-state index in [9.17, 15) is 9.59 Å². The molecular weight excluding hydrogens is 299 g/mol. The number of benzene rings is 1. The zero-order chi connectivity index (χ0) is 11.9. The van der Waals surface area contributed by atoms with Crippen LogP contribution in [0.2, 0.25) is 5.28 Å². The van der Waals surface area contributed by atoms with Crippen molar-refractivity contribution >= 4 is 44.5 Å². The van der Waals surface area contributed by atoms with Gasteiger partial charge in [-0.15, -0.1) is 0 Å². The van der Waals surface area contributed by atoms with E-state index in [4.69, 9.17) is 16.7 Å². The summed E-state index contributed by atoms with van der Waals surface area (Å²) < 4.78 is 0.878. The largest absolute Gasteiger partial charge is 0.464 e. The molecule has 0 radical (unpaired) electrons. The average molecular weight is 303 g/mol. The van der Waals surface area contributed by atoms with Crippen LogP contribution in [0.3, 0.4) is 0 Å². The third kappa shape index (κ3) is 1.60. The highest BCUT2D eigenvalue weighted by Crippen LogP contribution is 2.20. The summed E-state index contributed by atoms with van der Waals surface area (Å²) in [6.45, 7) is 0. The third-order valence-corrected chi connectivity index (χ3v) is 2.91. The van der Waals surface area contributed by atoms with Crippen LogP contribution in [0.4, 0.5) is 4.79 Å². The van der Waals surface area contributed by atoms with Crippen LogP contribution in [0, 0.1) is 0 Å². The lowest BCUT2D eigenvalue weighted by Gasteiger charge is -2.04. The number of hydrogen-bond acceptors (Lipinski definition) is 3. The Hall–Kier alpha value is -1.40. The Morgan fingerprint density at radius 2 is 2.19 bits per heavy atom. The molecule has 0 saturated heterocycles. The van der Waals surface area contributed by atoms with Crippen molar-refractivity contribution in [2.45, 2.75) is 0 Å². The Morgan fingerprint density at radius 3 is 2.81 bits per heavy atom. The van der Waals surface area contributed by atoms with Gasteiger partial charge in [-0.25, -0.2) is 9.78 Å². The maximum Gasteiger partial charge on any atom is 0.421 e. The molecule has 0 fully saturated rings. The lowest BCUT2D eigenvalue weighted by atomic mass is 10.2. The minimum absolute atomic E-state index is 0.189. The van der Waals surface area contributed by atoms with Crippen LogP contribution in [0.25, 0.3) is 10.9 Å². The fourth-order valence-electron chi connectivity index (χ4n) is 1.33. The number of fused-ring (bicyclic) bond motifs is 1. The lowest BCUT2D eigenvalue weighted by Crippen LogP contribution is -2.27. The normalized spacial score (nSPS) is 10.6. The Morgan fingerprint density at radius 1 is 1.50 bits per heavy atom. The van der Waals surface area contributed by atoms with Gasteiger partial charge in [0.2, 0.25) is 5.28 Å². The molecule has 0 spiro atoms. The first-order chi connectivity index (χ1) is 7.52. The van der Waals surface area contributed by atoms with Gasteiger partial charge < -0.3 is 5.11 Å². The molecule has 0 aliphatic heterocycles. The van der Waals surface area contributed by atoms with Crippen molar-refractivity contribution in [1.29, 1.82) is 0 Å². The van der Waals surface area contributed by atoms with E-state index in [1.807, 2.05) is 0 Å². The summed E-state index contributed by atoms with van der Waals surface area (Å²) >= 11 is 8.78. The predicted molar refractivity (Wildman–Crippen MR) is 62.1 cm³/mol. The highest BCUT2D eigenvalue weighted by atomic mass is 79.9. The molecule has 0 aliphatic carbocycles. The number of carbonyl (C=O) groups is 1. The van der Waals surface area contributed by atoms with E-state index in [0.29, 0.717) is 14.6 Å². The monoisotopic (exact) mass is 302 g/mol. The Labute approximate surface area is 102 Å². The number of carboxylic acid groups (broad SMARTS) is 1. The highest BCUT2D eigenvalue weighted by Gasteiger charge is 2.15. The molecular formula is C9H4BrClN2O3. The molecule has 0 bridgehead atoms. The first kappa shape index (κ1) is 11.1. The van der Waals surface area contributed by atoms with Gasteiger partial charge >= 0.3 is 6.09 Å². The summed E-state index contributed by atoms with van der Waals surface area (Å²) in [4.78, 5) is 26.5. The fourth-order valence-corrected chi connectivity index (χ4v) is 2.09. The van der Waals surface area contributed by atoms with E-state index < -0.39 is 11.7 Å². The van der Waals surface area contributed by atoms with Crippen molar-refractivity contribution in [3.8, 4) is 0 Å². The van der Waals surface area contributed by atoms with Gasteiger partial charge in [-0.05, 0) is 39.7 Å². The van der Waals surface area contributed by atoms with E-state index in [0.717, 1.165) is 0 Å². The van der Waals surface area contributed by atoms with Crippen molar-refractivity contribution in [1.82, 2.24) is 9.55 Å². The standard InChI is InChI=1S/C9H4BrClN2O3/c10-4-2-1-3-5-6(4)7(14)13(9(15)16)8(11)12-5/h1-3H,(H,15,16). The second-order valence-electron chi connectivity index (χ2n) is 2.94. The molecule has 2 rings (SSSR count). The molecule has 5 nitrogen and oxygen atoms in total. The molecule has 0 unspecified atom stereocenters. The predicted octanol–water partition coefficient (Wildman–Crippen LogP) is 2.34. The summed E-state index contributed by atoms with van der Waals surface area (Å²) in [7, 11) is 0. The van der Waals surface area contributed by atoms with Gasteiger partial charge in [0, 0.05) is 4.47 Å². The molecule has 1 heterocycles. The molecule has 16 heavy (non-hydrogen) atoms. The molecule has 0 aliphatic rings. The van der Waals surface area contributed by atoms with Crippen LogP contribution in [-0.4, -0.2) is 20.8 Å². The number of halogens is 2. The van der Waals surface area contributed by atoms with Crippen molar-refractivity contribution in [2.24, 2.45) is 0 Å². The van der Waals surface area contributed by atoms with Gasteiger partial charge in [0.25, 0.3) is 5.56 Å². The number of nitrogens with zero attached hydrogens (tertiary/aromatic N) is 2. The summed E-state index contributed by atoms with van der Waals surface area (Å²) in [5, 5.41) is 8.64. The summed E-state index contributed by atoms with van der Waals surface area (Å²) in [5.74, 6) is 0. The van der Waals surface area contributed by atoms with Crippen molar-refractivity contribution in [3.63, 3.8) is 0 Å². The molecule has 2 aromatic rings.